The van der Waals surface area contributed by atoms with Crippen LogP contribution in [0.5, 0.6) is 0 Å². The van der Waals surface area contributed by atoms with Crippen LogP contribution in [0.4, 0.5) is 17.1 Å². The van der Waals surface area contributed by atoms with Crippen LogP contribution in [0.3, 0.4) is 0 Å². The molecule has 1 aliphatic rings. The van der Waals surface area contributed by atoms with Gasteiger partial charge in [0.2, 0.25) is 5.91 Å². The molecule has 150 valence electrons. The fourth-order valence-corrected chi connectivity index (χ4v) is 3.09. The van der Waals surface area contributed by atoms with E-state index in [4.69, 9.17) is 17.0 Å². The molecule has 1 aliphatic heterocycles. The van der Waals surface area contributed by atoms with Crippen LogP contribution >= 0.6 is 12.2 Å². The van der Waals surface area contributed by atoms with Gasteiger partial charge in [0.1, 0.15) is 0 Å². The van der Waals surface area contributed by atoms with Crippen molar-refractivity contribution in [2.75, 3.05) is 36.5 Å². The van der Waals surface area contributed by atoms with Crippen LogP contribution < -0.4 is 15.5 Å². The molecule has 9 heteroatoms. The zero-order valence-corrected chi connectivity index (χ0v) is 16.4. The lowest BCUT2D eigenvalue weighted by molar-refractivity contribution is -0.384. The number of thiocarbonyl (C=S) groups is 1. The first-order valence-corrected chi connectivity index (χ1v) is 9.40. The maximum Gasteiger partial charge on any atom is 0.270 e. The third kappa shape index (κ3) is 5.84. The van der Waals surface area contributed by atoms with Gasteiger partial charge in [0.25, 0.3) is 5.69 Å². The average molecular weight is 412 g/mol. The molecule has 2 aromatic rings. The summed E-state index contributed by atoms with van der Waals surface area (Å²) in [5.74, 6) is -0.433. The van der Waals surface area contributed by atoms with E-state index in [0.717, 1.165) is 24.5 Å². The van der Waals surface area contributed by atoms with Crippen molar-refractivity contribution in [3.8, 4) is 0 Å². The molecule has 1 heterocycles. The number of carbonyl (C=O) groups excluding carboxylic acids is 1. The Bertz CT molecular complexity index is 942. The van der Waals surface area contributed by atoms with E-state index in [1.54, 1.807) is 12.1 Å². The highest BCUT2D eigenvalue weighted by molar-refractivity contribution is 7.80. The van der Waals surface area contributed by atoms with Gasteiger partial charge in [0.15, 0.2) is 5.11 Å². The van der Waals surface area contributed by atoms with Crippen LogP contribution in [0.1, 0.15) is 5.56 Å². The molecular weight excluding hydrogens is 392 g/mol. The molecule has 2 N–H and O–H groups in total. The number of ether oxygens (including phenoxy) is 1. The molecule has 0 unspecified atom stereocenters. The molecule has 1 amide bonds. The summed E-state index contributed by atoms with van der Waals surface area (Å²) in [6.07, 6.45) is 2.77. The summed E-state index contributed by atoms with van der Waals surface area (Å²) in [6.45, 7) is 2.89. The van der Waals surface area contributed by atoms with Crippen molar-refractivity contribution >= 4 is 46.4 Å². The van der Waals surface area contributed by atoms with Gasteiger partial charge < -0.3 is 15.0 Å². The number of non-ortho nitro benzene ring substituents is 1. The van der Waals surface area contributed by atoms with Crippen molar-refractivity contribution in [1.29, 1.82) is 0 Å². The normalized spacial score (nSPS) is 13.9. The lowest BCUT2D eigenvalue weighted by atomic mass is 10.2. The quantitative estimate of drug-likeness (QED) is 0.337. The van der Waals surface area contributed by atoms with Gasteiger partial charge in [-0.25, -0.2) is 0 Å². The van der Waals surface area contributed by atoms with E-state index in [1.165, 1.54) is 24.3 Å². The standard InChI is InChI=1S/C20H20N4O4S/c25-19(9-8-15-4-3-5-16(14-15)24(26)27)22-20(29)21-17-6-1-2-7-18(17)23-10-12-28-13-11-23/h1-9,14H,10-13H2,(H2,21,22,25,29)/b9-8+. The van der Waals surface area contributed by atoms with Gasteiger partial charge in [-0.2, -0.15) is 0 Å². The first kappa shape index (κ1) is 20.4. The second kappa shape index (κ2) is 9.76. The van der Waals surface area contributed by atoms with Gasteiger partial charge in [0, 0.05) is 31.3 Å². The van der Waals surface area contributed by atoms with Crippen LogP contribution in [0.25, 0.3) is 6.08 Å². The van der Waals surface area contributed by atoms with Crippen molar-refractivity contribution in [3.63, 3.8) is 0 Å². The summed E-state index contributed by atoms with van der Waals surface area (Å²) in [7, 11) is 0. The summed E-state index contributed by atoms with van der Waals surface area (Å²) >= 11 is 5.25. The predicted octanol–water partition coefficient (Wildman–Crippen LogP) is 2.96. The Morgan fingerprint density at radius 3 is 2.69 bits per heavy atom. The van der Waals surface area contributed by atoms with Gasteiger partial charge in [-0.05, 0) is 36.0 Å². The van der Waals surface area contributed by atoms with Crippen molar-refractivity contribution in [2.45, 2.75) is 0 Å². The fraction of sp³-hybridized carbons (Fsp3) is 0.200. The number of nitro benzene ring substituents is 1. The van der Waals surface area contributed by atoms with E-state index in [2.05, 4.69) is 15.5 Å². The Morgan fingerprint density at radius 2 is 1.93 bits per heavy atom. The van der Waals surface area contributed by atoms with Crippen molar-refractivity contribution in [3.05, 3.63) is 70.3 Å². The number of nitro groups is 1. The van der Waals surface area contributed by atoms with Crippen molar-refractivity contribution in [2.24, 2.45) is 0 Å². The van der Waals surface area contributed by atoms with Crippen LogP contribution in [0.15, 0.2) is 54.6 Å². The van der Waals surface area contributed by atoms with E-state index < -0.39 is 10.8 Å². The lowest BCUT2D eigenvalue weighted by Crippen LogP contribution is -2.37. The number of amides is 1. The third-order valence-electron chi connectivity index (χ3n) is 4.25. The molecule has 0 radical (unpaired) electrons. The first-order chi connectivity index (χ1) is 14.0. The number of carbonyl (C=O) groups is 1. The average Bonchev–Trinajstić information content (AvgIpc) is 2.73. The summed E-state index contributed by atoms with van der Waals surface area (Å²) in [4.78, 5) is 24.7. The number of nitrogens with one attached hydrogen (secondary N) is 2. The summed E-state index contributed by atoms with van der Waals surface area (Å²) in [5.41, 5.74) is 2.29. The highest BCUT2D eigenvalue weighted by Gasteiger charge is 2.15. The first-order valence-electron chi connectivity index (χ1n) is 8.99. The van der Waals surface area contributed by atoms with Crippen LogP contribution in [-0.4, -0.2) is 42.2 Å². The smallest absolute Gasteiger partial charge is 0.270 e. The minimum atomic E-state index is -0.484. The molecule has 0 aliphatic carbocycles. The number of hydrogen-bond acceptors (Lipinski definition) is 6. The molecule has 1 saturated heterocycles. The topological polar surface area (TPSA) is 96.7 Å². The number of rotatable bonds is 5. The maximum atomic E-state index is 12.1. The molecular formula is C20H20N4O4S. The Kier molecular flexibility index (Phi) is 6.88. The Balaban J connectivity index is 1.60. The molecule has 0 aromatic heterocycles. The molecule has 0 spiro atoms. The Hall–Kier alpha value is -3.30. The predicted molar refractivity (Wildman–Crippen MR) is 116 cm³/mol. The molecule has 1 fully saturated rings. The molecule has 3 rings (SSSR count). The number of benzene rings is 2. The lowest BCUT2D eigenvalue weighted by Gasteiger charge is -2.30. The molecule has 0 atom stereocenters. The monoisotopic (exact) mass is 412 g/mol. The summed E-state index contributed by atoms with van der Waals surface area (Å²) < 4.78 is 5.39. The van der Waals surface area contributed by atoms with Crippen LogP contribution in [0, 0.1) is 10.1 Å². The van der Waals surface area contributed by atoms with Gasteiger partial charge >= 0.3 is 0 Å². The number of anilines is 2. The highest BCUT2D eigenvalue weighted by atomic mass is 32.1. The molecule has 2 aromatic carbocycles. The zero-order valence-electron chi connectivity index (χ0n) is 15.5. The van der Waals surface area contributed by atoms with E-state index in [1.807, 2.05) is 24.3 Å². The van der Waals surface area contributed by atoms with Gasteiger partial charge in [-0.3, -0.25) is 20.2 Å². The Labute approximate surface area is 173 Å². The highest BCUT2D eigenvalue weighted by Crippen LogP contribution is 2.26. The number of morpholine rings is 1. The van der Waals surface area contributed by atoms with Gasteiger partial charge in [-0.15, -0.1) is 0 Å². The largest absolute Gasteiger partial charge is 0.378 e. The second-order valence-electron chi connectivity index (χ2n) is 6.25. The summed E-state index contributed by atoms with van der Waals surface area (Å²) in [5, 5.41) is 16.6. The minimum absolute atomic E-state index is 0.0375. The van der Waals surface area contributed by atoms with E-state index in [-0.39, 0.29) is 10.8 Å². The molecule has 29 heavy (non-hydrogen) atoms. The van der Waals surface area contributed by atoms with E-state index in [0.29, 0.717) is 18.8 Å². The Morgan fingerprint density at radius 1 is 1.17 bits per heavy atom. The minimum Gasteiger partial charge on any atom is -0.378 e. The number of hydrogen-bond donors (Lipinski definition) is 2. The van der Waals surface area contributed by atoms with E-state index >= 15 is 0 Å². The van der Waals surface area contributed by atoms with E-state index in [9.17, 15) is 14.9 Å². The number of nitrogens with zero attached hydrogens (tertiary/aromatic N) is 2. The molecule has 8 nitrogen and oxygen atoms in total. The molecule has 0 bridgehead atoms. The number of para-hydroxylation sites is 2. The maximum absolute atomic E-state index is 12.1. The third-order valence-corrected chi connectivity index (χ3v) is 4.45. The van der Waals surface area contributed by atoms with Crippen molar-refractivity contribution in [1.82, 2.24) is 5.32 Å². The van der Waals surface area contributed by atoms with Gasteiger partial charge in [0.05, 0.1) is 29.5 Å². The second-order valence-corrected chi connectivity index (χ2v) is 6.65. The molecule has 0 saturated carbocycles. The SMILES string of the molecule is O=C(/C=C/c1cccc([N+](=O)[O-])c1)NC(=S)Nc1ccccc1N1CCOCC1. The fourth-order valence-electron chi connectivity index (χ4n) is 2.88. The summed E-state index contributed by atoms with van der Waals surface area (Å²) in [6, 6.07) is 13.7. The zero-order chi connectivity index (χ0) is 20.6. The van der Waals surface area contributed by atoms with Gasteiger partial charge in [-0.1, -0.05) is 24.3 Å². The van der Waals surface area contributed by atoms with Crippen molar-refractivity contribution < 1.29 is 14.5 Å². The van der Waals surface area contributed by atoms with Crippen LogP contribution in [0.2, 0.25) is 0 Å². The van der Waals surface area contributed by atoms with Crippen LogP contribution in [-0.2, 0) is 9.53 Å².